The molecule has 0 saturated carbocycles. The van der Waals surface area contributed by atoms with Crippen molar-refractivity contribution in [3.05, 3.63) is 136 Å². The molecule has 2 unspecified atom stereocenters. The quantitative estimate of drug-likeness (QED) is 0.227. The van der Waals surface area contributed by atoms with E-state index in [1.165, 1.54) is 61.7 Å². The molecule has 8 rings (SSSR count). The maximum Gasteiger partial charge on any atom is -1.00 e. The van der Waals surface area contributed by atoms with Crippen molar-refractivity contribution in [2.24, 2.45) is 0 Å². The molecule has 3 aliphatic carbocycles. The van der Waals surface area contributed by atoms with Gasteiger partial charge in [0, 0.05) is 0 Å². The molecule has 5 aromatic rings. The minimum atomic E-state index is -0.618. The molecule has 43 heavy (non-hydrogen) atoms. The van der Waals surface area contributed by atoms with Gasteiger partial charge < -0.3 is 24.8 Å². The van der Waals surface area contributed by atoms with Gasteiger partial charge in [0.05, 0.1) is 0 Å². The monoisotopic (exact) mass is 690 g/mol. The summed E-state index contributed by atoms with van der Waals surface area (Å²) in [7, 11) is 0. The minimum absolute atomic E-state index is 0. The van der Waals surface area contributed by atoms with Gasteiger partial charge in [-0.25, -0.2) is 0 Å². The third-order valence-corrected chi connectivity index (χ3v) is 19.2. The van der Waals surface area contributed by atoms with E-state index in [1.54, 1.807) is 22.3 Å². The van der Waals surface area contributed by atoms with Crippen molar-refractivity contribution in [1.29, 1.82) is 0 Å². The second kappa shape index (κ2) is 12.1. The van der Waals surface area contributed by atoms with Crippen molar-refractivity contribution in [2.75, 3.05) is 0 Å². The maximum absolute atomic E-state index is 2.59. The molecule has 0 radical (unpaired) electrons. The first kappa shape index (κ1) is 30.5. The zero-order valence-corrected chi connectivity index (χ0v) is 29.9. The first-order valence-electron chi connectivity index (χ1n) is 15.2. The smallest absolute Gasteiger partial charge is 1.00 e. The summed E-state index contributed by atoms with van der Waals surface area (Å²) in [6, 6.07) is 35.1. The molecular weight excluding hydrogens is 659 g/mol. The van der Waals surface area contributed by atoms with Gasteiger partial charge in [-0.1, -0.05) is 0 Å². The summed E-state index contributed by atoms with van der Waals surface area (Å²) in [6.45, 7) is 7.51. The zero-order valence-electron chi connectivity index (χ0n) is 24.8. The van der Waals surface area contributed by atoms with Crippen LogP contribution in [-0.4, -0.2) is 5.92 Å². The largest absolute Gasteiger partial charge is 1.00 e. The fourth-order valence-electron chi connectivity index (χ4n) is 7.77. The molecule has 4 heteroatoms. The Kier molecular flexibility index (Phi) is 8.62. The van der Waals surface area contributed by atoms with Gasteiger partial charge in [-0.05, 0) is 0 Å². The summed E-state index contributed by atoms with van der Waals surface area (Å²) in [5.41, 5.74) is 17.9. The van der Waals surface area contributed by atoms with Gasteiger partial charge >= 0.3 is 257 Å². The number of halogens is 2. The first-order valence-corrected chi connectivity index (χ1v) is 23.8. The maximum atomic E-state index is 2.59. The Morgan fingerprint density at radius 2 is 1.33 bits per heavy atom. The van der Waals surface area contributed by atoms with Gasteiger partial charge in [0.25, 0.3) is 0 Å². The predicted octanol–water partition coefficient (Wildman–Crippen LogP) is 4.46. The van der Waals surface area contributed by atoms with E-state index in [2.05, 4.69) is 129 Å². The molecule has 0 saturated heterocycles. The van der Waals surface area contributed by atoms with Crippen LogP contribution in [0.3, 0.4) is 0 Å². The molecule has 0 bridgehead atoms. The van der Waals surface area contributed by atoms with Crippen LogP contribution in [0.1, 0.15) is 68.3 Å². The zero-order chi connectivity index (χ0) is 27.7. The summed E-state index contributed by atoms with van der Waals surface area (Å²) >= 11 is -0.551. The van der Waals surface area contributed by atoms with Crippen LogP contribution in [-0.2, 0) is 22.4 Å². The van der Waals surface area contributed by atoms with Crippen molar-refractivity contribution in [2.45, 2.75) is 42.4 Å². The van der Waals surface area contributed by atoms with E-state index in [0.29, 0.717) is 9.54 Å². The number of hydrogen-bond donors (Lipinski definition) is 0. The Balaban J connectivity index is 0.00000165. The molecule has 212 valence electrons. The number of rotatable bonds is 6. The fourth-order valence-corrected chi connectivity index (χ4v) is 17.7. The van der Waals surface area contributed by atoms with E-state index >= 15 is 0 Å². The Bertz CT molecular complexity index is 1920. The molecule has 0 aliphatic heterocycles. The Labute approximate surface area is 280 Å². The molecule has 0 heterocycles. The van der Waals surface area contributed by atoms with Crippen molar-refractivity contribution < 1.29 is 47.2 Å². The van der Waals surface area contributed by atoms with Gasteiger partial charge in [0.1, 0.15) is 0 Å². The number of allylic oxidation sites excluding steroid dienone is 1. The first-order chi connectivity index (χ1) is 20.1. The standard InChI is InChI=1S/C37H27.C2H7Si.2ClH.Zr/c1-2-8-26-22-35-29(30-20-19-24-18-17-23-10-5-14-31(30)36(23)24)13-7-16-33(35)37(26)32-15-6-12-28-27-11-4-3-9-25(27)21-34(28)32;1-3-2;;;/h3-7,9-22,37H,2,8H2,1H3;3H,1-2H3;2*1H;/q;;;;+2/p-2. The summed E-state index contributed by atoms with van der Waals surface area (Å²) in [4.78, 5) is 0. The van der Waals surface area contributed by atoms with Crippen molar-refractivity contribution >= 4 is 34.9 Å². The number of hydrogen-bond acceptors (Lipinski definition) is 0. The summed E-state index contributed by atoms with van der Waals surface area (Å²) in [5, 5.41) is 2.78. The molecule has 5 aromatic carbocycles. The van der Waals surface area contributed by atoms with Crippen LogP contribution in [0.25, 0.3) is 51.3 Å². The molecule has 0 aromatic heterocycles. The molecule has 0 N–H and O–H groups in total. The van der Waals surface area contributed by atoms with E-state index in [4.69, 9.17) is 0 Å². The van der Waals surface area contributed by atoms with Crippen molar-refractivity contribution in [1.82, 2.24) is 0 Å². The normalized spacial score (nSPS) is 16.7. The summed E-state index contributed by atoms with van der Waals surface area (Å²) in [5.74, 6) is -0.268. The second-order valence-electron chi connectivity index (χ2n) is 12.2. The molecular formula is C39H34Cl2SiZr. The van der Waals surface area contributed by atoms with Crippen LogP contribution in [0.4, 0.5) is 0 Å². The van der Waals surface area contributed by atoms with Crippen LogP contribution in [0, 0.1) is 0 Å². The van der Waals surface area contributed by atoms with E-state index in [1.807, 2.05) is 0 Å². The SMILES string of the molecule is CCCC1=Cc2c(-c3ccc4c5c(cccc35)C=C4)cccc2C1c1cccc2c1[CH]([Zr+2][SiH](C)C)c1ccccc1-2.[Cl-].[Cl-]. The van der Waals surface area contributed by atoms with Gasteiger partial charge in [-0.3, -0.25) is 0 Å². The summed E-state index contributed by atoms with van der Waals surface area (Å²) < 4.78 is 0.687. The number of fused-ring (bicyclic) bond motifs is 4. The Morgan fingerprint density at radius 3 is 2.12 bits per heavy atom. The second-order valence-corrected chi connectivity index (χ2v) is 27.2. The molecule has 0 fully saturated rings. The van der Waals surface area contributed by atoms with Crippen LogP contribution in [0.2, 0.25) is 13.1 Å². The van der Waals surface area contributed by atoms with Gasteiger partial charge in [0.2, 0.25) is 0 Å². The predicted molar refractivity (Wildman–Crippen MR) is 176 cm³/mol. The molecule has 0 nitrogen and oxygen atoms in total. The average Bonchev–Trinajstić information content (AvgIpc) is 3.67. The third-order valence-electron chi connectivity index (χ3n) is 9.33. The van der Waals surface area contributed by atoms with E-state index in [0.717, 1.165) is 6.42 Å². The van der Waals surface area contributed by atoms with Crippen LogP contribution < -0.4 is 24.8 Å². The molecule has 0 amide bonds. The topological polar surface area (TPSA) is 0 Å². The van der Waals surface area contributed by atoms with Gasteiger partial charge in [-0.15, -0.1) is 0 Å². The van der Waals surface area contributed by atoms with Crippen molar-refractivity contribution in [3.8, 4) is 22.3 Å². The molecule has 2 atom stereocenters. The summed E-state index contributed by atoms with van der Waals surface area (Å²) in [6.07, 6.45) is 9.43. The molecule has 3 aliphatic rings. The van der Waals surface area contributed by atoms with Gasteiger partial charge in [0.15, 0.2) is 0 Å². The van der Waals surface area contributed by atoms with Gasteiger partial charge in [-0.2, -0.15) is 0 Å². The van der Waals surface area contributed by atoms with Crippen LogP contribution >= 0.6 is 0 Å². The van der Waals surface area contributed by atoms with E-state index in [9.17, 15) is 0 Å². The van der Waals surface area contributed by atoms with Crippen LogP contribution in [0.15, 0.2) is 96.6 Å². The Hall–Kier alpha value is -2.48. The average molecular weight is 693 g/mol. The van der Waals surface area contributed by atoms with E-state index < -0.39 is 28.3 Å². The van der Waals surface area contributed by atoms with Crippen LogP contribution in [0.5, 0.6) is 0 Å². The van der Waals surface area contributed by atoms with E-state index in [-0.39, 0.29) is 24.8 Å². The minimum Gasteiger partial charge on any atom is -1.00 e. The third kappa shape index (κ3) is 4.81. The number of benzene rings is 5. The Morgan fingerprint density at radius 1 is 0.651 bits per heavy atom. The van der Waals surface area contributed by atoms with Crippen molar-refractivity contribution in [3.63, 3.8) is 0 Å². The fraction of sp³-hybridized carbons (Fsp3) is 0.179. The molecule has 0 spiro atoms.